The summed E-state index contributed by atoms with van der Waals surface area (Å²) in [5.41, 5.74) is 7.79. The number of rotatable bonds is 1. The van der Waals surface area contributed by atoms with Crippen molar-refractivity contribution in [3.8, 4) is 11.3 Å². The first-order chi connectivity index (χ1) is 6.27. The number of aryl methyl sites for hydroxylation is 1. The van der Waals surface area contributed by atoms with Gasteiger partial charge in [0.2, 0.25) is 0 Å². The number of anilines is 1. The molecule has 66 valence electrons. The second-order valence-electron chi connectivity index (χ2n) is 3.02. The summed E-state index contributed by atoms with van der Waals surface area (Å²) in [6.07, 6.45) is 0. The zero-order valence-corrected chi connectivity index (χ0v) is 7.45. The van der Waals surface area contributed by atoms with Crippen molar-refractivity contribution >= 4 is 5.88 Å². The molecule has 0 aliphatic carbocycles. The van der Waals surface area contributed by atoms with Crippen LogP contribution >= 0.6 is 0 Å². The number of nitrogen functional groups attached to an aromatic ring is 1. The lowest BCUT2D eigenvalue weighted by Crippen LogP contribution is -1.80. The molecule has 0 fully saturated rings. The fourth-order valence-electron chi connectivity index (χ4n) is 1.35. The normalized spacial score (nSPS) is 10.2. The van der Waals surface area contributed by atoms with E-state index in [4.69, 9.17) is 10.2 Å². The molecule has 0 amide bonds. The van der Waals surface area contributed by atoms with Crippen LogP contribution in [0, 0.1) is 6.92 Å². The van der Waals surface area contributed by atoms with Crippen LogP contribution in [0.15, 0.2) is 40.8 Å². The number of nitrogens with two attached hydrogens (primary N) is 1. The highest BCUT2D eigenvalue weighted by atomic mass is 16.3. The summed E-state index contributed by atoms with van der Waals surface area (Å²) in [7, 11) is 0. The maximum atomic E-state index is 5.50. The van der Waals surface area contributed by atoms with Crippen molar-refractivity contribution in [3.05, 3.63) is 42.0 Å². The third-order valence-corrected chi connectivity index (χ3v) is 2.04. The Kier molecular flexibility index (Phi) is 1.81. The molecule has 0 radical (unpaired) electrons. The molecule has 1 aromatic heterocycles. The molecule has 0 aliphatic heterocycles. The molecule has 0 aliphatic rings. The predicted molar refractivity (Wildman–Crippen MR) is 53.3 cm³/mol. The average Bonchev–Trinajstić information content (AvgIpc) is 2.53. The minimum atomic E-state index is 0.457. The van der Waals surface area contributed by atoms with Gasteiger partial charge in [-0.05, 0) is 18.6 Å². The van der Waals surface area contributed by atoms with Crippen LogP contribution in [-0.2, 0) is 0 Å². The maximum Gasteiger partial charge on any atom is 0.190 e. The van der Waals surface area contributed by atoms with Gasteiger partial charge < -0.3 is 10.2 Å². The summed E-state index contributed by atoms with van der Waals surface area (Å²) in [6.45, 7) is 2.05. The maximum absolute atomic E-state index is 5.50. The van der Waals surface area contributed by atoms with Gasteiger partial charge in [-0.15, -0.1) is 0 Å². The molecule has 0 atom stereocenters. The Balaban J connectivity index is 2.52. The van der Waals surface area contributed by atoms with Crippen LogP contribution in [0.4, 0.5) is 5.88 Å². The van der Waals surface area contributed by atoms with Gasteiger partial charge in [-0.25, -0.2) is 0 Å². The number of benzene rings is 1. The molecule has 1 aromatic carbocycles. The van der Waals surface area contributed by atoms with E-state index in [0.29, 0.717) is 5.88 Å². The van der Waals surface area contributed by atoms with Crippen LogP contribution in [-0.4, -0.2) is 0 Å². The fraction of sp³-hybridized carbons (Fsp3) is 0.0909. The smallest absolute Gasteiger partial charge is 0.190 e. The number of hydrogen-bond donors (Lipinski definition) is 1. The van der Waals surface area contributed by atoms with Gasteiger partial charge in [0.15, 0.2) is 5.88 Å². The first kappa shape index (κ1) is 7.92. The molecule has 0 bridgehead atoms. The topological polar surface area (TPSA) is 39.2 Å². The largest absolute Gasteiger partial charge is 0.441 e. The molecule has 0 saturated heterocycles. The highest BCUT2D eigenvalue weighted by Gasteiger charge is 2.04. The standard InChI is InChI=1S/C11H11NO/c1-8-4-2-3-5-9(8)10-6-7-11(12)13-10/h2-7H,12H2,1H3. The third-order valence-electron chi connectivity index (χ3n) is 2.04. The Bertz CT molecular complexity index is 418. The SMILES string of the molecule is Cc1ccccc1-c1ccc(N)o1. The van der Waals surface area contributed by atoms with Crippen molar-refractivity contribution in [1.82, 2.24) is 0 Å². The van der Waals surface area contributed by atoms with Crippen molar-refractivity contribution < 1.29 is 4.42 Å². The summed E-state index contributed by atoms with van der Waals surface area (Å²) in [6, 6.07) is 11.7. The van der Waals surface area contributed by atoms with E-state index in [2.05, 4.69) is 0 Å². The van der Waals surface area contributed by atoms with Crippen molar-refractivity contribution in [2.45, 2.75) is 6.92 Å². The van der Waals surface area contributed by atoms with Crippen molar-refractivity contribution in [2.24, 2.45) is 0 Å². The molecule has 2 aromatic rings. The van der Waals surface area contributed by atoms with Crippen molar-refractivity contribution in [2.75, 3.05) is 5.73 Å². The molecular formula is C11H11NO. The van der Waals surface area contributed by atoms with E-state index < -0.39 is 0 Å². The Morgan fingerprint density at radius 3 is 2.46 bits per heavy atom. The van der Waals surface area contributed by atoms with Gasteiger partial charge in [-0.2, -0.15) is 0 Å². The summed E-state index contributed by atoms with van der Waals surface area (Å²) < 4.78 is 5.33. The highest BCUT2D eigenvalue weighted by Crippen LogP contribution is 2.25. The first-order valence-corrected chi connectivity index (χ1v) is 4.18. The molecule has 13 heavy (non-hydrogen) atoms. The molecule has 0 saturated carbocycles. The third kappa shape index (κ3) is 1.43. The zero-order valence-electron chi connectivity index (χ0n) is 7.45. The van der Waals surface area contributed by atoms with Crippen LogP contribution in [0.5, 0.6) is 0 Å². The van der Waals surface area contributed by atoms with Gasteiger partial charge in [-0.1, -0.05) is 24.3 Å². The molecule has 2 nitrogen and oxygen atoms in total. The van der Waals surface area contributed by atoms with Gasteiger partial charge >= 0.3 is 0 Å². The van der Waals surface area contributed by atoms with Crippen LogP contribution in [0.25, 0.3) is 11.3 Å². The first-order valence-electron chi connectivity index (χ1n) is 4.18. The summed E-state index contributed by atoms with van der Waals surface area (Å²) in [4.78, 5) is 0. The van der Waals surface area contributed by atoms with Gasteiger partial charge in [0, 0.05) is 11.6 Å². The van der Waals surface area contributed by atoms with E-state index in [9.17, 15) is 0 Å². The Morgan fingerprint density at radius 1 is 1.08 bits per heavy atom. The molecule has 2 heteroatoms. The van der Waals surface area contributed by atoms with Gasteiger partial charge in [-0.3, -0.25) is 0 Å². The highest BCUT2D eigenvalue weighted by molar-refractivity contribution is 5.63. The Morgan fingerprint density at radius 2 is 1.85 bits per heavy atom. The van der Waals surface area contributed by atoms with Gasteiger partial charge in [0.1, 0.15) is 5.76 Å². The number of furan rings is 1. The Labute approximate surface area is 77.0 Å². The molecule has 2 rings (SSSR count). The van der Waals surface area contributed by atoms with E-state index in [1.165, 1.54) is 5.56 Å². The minimum Gasteiger partial charge on any atom is -0.441 e. The molecular weight excluding hydrogens is 162 g/mol. The lowest BCUT2D eigenvalue weighted by molar-refractivity contribution is 0.602. The van der Waals surface area contributed by atoms with Gasteiger partial charge in [0.25, 0.3) is 0 Å². The van der Waals surface area contributed by atoms with Crippen LogP contribution in [0.1, 0.15) is 5.56 Å². The van der Waals surface area contributed by atoms with E-state index >= 15 is 0 Å². The van der Waals surface area contributed by atoms with Crippen molar-refractivity contribution in [3.63, 3.8) is 0 Å². The number of hydrogen-bond acceptors (Lipinski definition) is 2. The zero-order chi connectivity index (χ0) is 9.26. The second kappa shape index (κ2) is 2.98. The van der Waals surface area contributed by atoms with Crippen LogP contribution < -0.4 is 5.73 Å². The molecule has 2 N–H and O–H groups in total. The second-order valence-corrected chi connectivity index (χ2v) is 3.02. The van der Waals surface area contributed by atoms with E-state index in [1.54, 1.807) is 6.07 Å². The van der Waals surface area contributed by atoms with Gasteiger partial charge in [0.05, 0.1) is 0 Å². The van der Waals surface area contributed by atoms with E-state index in [1.807, 2.05) is 37.3 Å². The molecule has 0 unspecified atom stereocenters. The summed E-state index contributed by atoms with van der Waals surface area (Å²) >= 11 is 0. The average molecular weight is 173 g/mol. The lowest BCUT2D eigenvalue weighted by atomic mass is 10.1. The monoisotopic (exact) mass is 173 g/mol. The predicted octanol–water partition coefficient (Wildman–Crippen LogP) is 2.84. The van der Waals surface area contributed by atoms with Crippen LogP contribution in [0.2, 0.25) is 0 Å². The summed E-state index contributed by atoms with van der Waals surface area (Å²) in [5.74, 6) is 1.29. The fourth-order valence-corrected chi connectivity index (χ4v) is 1.35. The molecule has 0 spiro atoms. The van der Waals surface area contributed by atoms with Crippen molar-refractivity contribution in [1.29, 1.82) is 0 Å². The quantitative estimate of drug-likeness (QED) is 0.720. The van der Waals surface area contributed by atoms with E-state index in [-0.39, 0.29) is 0 Å². The minimum absolute atomic E-state index is 0.457. The van der Waals surface area contributed by atoms with E-state index in [0.717, 1.165) is 11.3 Å². The summed E-state index contributed by atoms with van der Waals surface area (Å²) in [5, 5.41) is 0. The lowest BCUT2D eigenvalue weighted by Gasteiger charge is -2.00. The van der Waals surface area contributed by atoms with Crippen LogP contribution in [0.3, 0.4) is 0 Å². The molecule has 1 heterocycles. The Hall–Kier alpha value is -1.70.